The maximum atomic E-state index is 12.3. The molecule has 2 aromatic rings. The highest BCUT2D eigenvalue weighted by molar-refractivity contribution is 5.43. The third-order valence-corrected chi connectivity index (χ3v) is 2.95. The second-order valence-electron chi connectivity index (χ2n) is 4.44. The highest BCUT2D eigenvalue weighted by atomic mass is 19.3. The zero-order chi connectivity index (χ0) is 15.4. The molecule has 0 atom stereocenters. The van der Waals surface area contributed by atoms with Gasteiger partial charge in [-0.3, -0.25) is 0 Å². The molecule has 0 aliphatic heterocycles. The van der Waals surface area contributed by atoms with Crippen LogP contribution in [0, 0.1) is 6.92 Å². The number of hydrogen-bond acceptors (Lipinski definition) is 4. The van der Waals surface area contributed by atoms with Crippen LogP contribution in [0.15, 0.2) is 24.4 Å². The first-order valence-corrected chi connectivity index (χ1v) is 6.49. The number of rotatable bonds is 6. The second-order valence-corrected chi connectivity index (χ2v) is 4.44. The van der Waals surface area contributed by atoms with E-state index in [1.54, 1.807) is 25.3 Å². The van der Waals surface area contributed by atoms with Crippen LogP contribution in [0.1, 0.15) is 18.2 Å². The number of imidazole rings is 1. The van der Waals surface area contributed by atoms with Crippen LogP contribution in [-0.4, -0.2) is 22.8 Å². The molecule has 1 aromatic heterocycles. The largest absolute Gasteiger partial charge is 0.490 e. The monoisotopic (exact) mass is 297 g/mol. The van der Waals surface area contributed by atoms with Crippen molar-refractivity contribution in [3.63, 3.8) is 0 Å². The lowest BCUT2D eigenvalue weighted by Crippen LogP contribution is -2.08. The second kappa shape index (κ2) is 6.43. The van der Waals surface area contributed by atoms with Gasteiger partial charge in [-0.15, -0.1) is 0 Å². The van der Waals surface area contributed by atoms with Gasteiger partial charge in [-0.2, -0.15) is 8.78 Å². The number of ether oxygens (including phenoxy) is 2. The number of aryl methyl sites for hydroxylation is 1. The van der Waals surface area contributed by atoms with Crippen molar-refractivity contribution in [2.45, 2.75) is 27.0 Å². The van der Waals surface area contributed by atoms with Gasteiger partial charge in [0, 0.05) is 5.69 Å². The molecular formula is C14H17F2N3O2. The fourth-order valence-electron chi connectivity index (χ4n) is 1.98. The number of nitrogens with two attached hydrogens (primary N) is 1. The molecule has 1 heterocycles. The Morgan fingerprint density at radius 3 is 2.67 bits per heavy atom. The first-order chi connectivity index (χ1) is 10.0. The number of halogens is 2. The van der Waals surface area contributed by atoms with Crippen molar-refractivity contribution in [2.75, 3.05) is 12.3 Å². The van der Waals surface area contributed by atoms with Crippen molar-refractivity contribution in [3.8, 4) is 11.5 Å². The van der Waals surface area contributed by atoms with Crippen LogP contribution in [0.5, 0.6) is 11.5 Å². The van der Waals surface area contributed by atoms with Crippen molar-refractivity contribution in [2.24, 2.45) is 0 Å². The molecule has 21 heavy (non-hydrogen) atoms. The SMILES string of the molecule is CCOc1cc(Cn2c(C)cnc2N)ccc1OC(F)F. The van der Waals surface area contributed by atoms with Crippen molar-refractivity contribution < 1.29 is 18.3 Å². The molecule has 0 spiro atoms. The fraction of sp³-hybridized carbons (Fsp3) is 0.357. The number of anilines is 1. The molecule has 5 nitrogen and oxygen atoms in total. The Balaban J connectivity index is 2.27. The topological polar surface area (TPSA) is 62.3 Å². The molecule has 0 saturated heterocycles. The number of alkyl halides is 2. The van der Waals surface area contributed by atoms with Gasteiger partial charge < -0.3 is 19.8 Å². The van der Waals surface area contributed by atoms with Crippen LogP contribution in [0.4, 0.5) is 14.7 Å². The summed E-state index contributed by atoms with van der Waals surface area (Å²) in [5, 5.41) is 0. The fourth-order valence-corrected chi connectivity index (χ4v) is 1.98. The molecule has 2 N–H and O–H groups in total. The van der Waals surface area contributed by atoms with E-state index < -0.39 is 6.61 Å². The van der Waals surface area contributed by atoms with Crippen molar-refractivity contribution in [3.05, 3.63) is 35.7 Å². The van der Waals surface area contributed by atoms with E-state index in [1.165, 1.54) is 6.07 Å². The minimum Gasteiger partial charge on any atom is -0.490 e. The van der Waals surface area contributed by atoms with Crippen LogP contribution >= 0.6 is 0 Å². The van der Waals surface area contributed by atoms with E-state index in [-0.39, 0.29) is 11.5 Å². The minimum atomic E-state index is -2.89. The Labute approximate surface area is 121 Å². The molecule has 0 bridgehead atoms. The normalized spacial score (nSPS) is 10.9. The molecule has 0 radical (unpaired) electrons. The van der Waals surface area contributed by atoms with Gasteiger partial charge >= 0.3 is 6.61 Å². The van der Waals surface area contributed by atoms with Gasteiger partial charge in [0.15, 0.2) is 11.5 Å². The smallest absolute Gasteiger partial charge is 0.387 e. The Kier molecular flexibility index (Phi) is 4.62. The highest BCUT2D eigenvalue weighted by Crippen LogP contribution is 2.30. The van der Waals surface area contributed by atoms with Crippen LogP contribution < -0.4 is 15.2 Å². The maximum absolute atomic E-state index is 12.3. The van der Waals surface area contributed by atoms with Gasteiger partial charge in [0.2, 0.25) is 5.95 Å². The predicted molar refractivity (Wildman–Crippen MR) is 74.7 cm³/mol. The molecule has 114 valence electrons. The van der Waals surface area contributed by atoms with Gasteiger partial charge in [-0.25, -0.2) is 4.98 Å². The number of nitrogens with zero attached hydrogens (tertiary/aromatic N) is 2. The summed E-state index contributed by atoms with van der Waals surface area (Å²) < 4.78 is 36.3. The molecule has 0 unspecified atom stereocenters. The summed E-state index contributed by atoms with van der Waals surface area (Å²) >= 11 is 0. The summed E-state index contributed by atoms with van der Waals surface area (Å²) in [4.78, 5) is 4.01. The first kappa shape index (κ1) is 15.1. The third kappa shape index (κ3) is 3.62. The van der Waals surface area contributed by atoms with Gasteiger partial charge in [0.25, 0.3) is 0 Å². The maximum Gasteiger partial charge on any atom is 0.387 e. The Morgan fingerprint density at radius 1 is 1.33 bits per heavy atom. The van der Waals surface area contributed by atoms with E-state index >= 15 is 0 Å². The lowest BCUT2D eigenvalue weighted by molar-refractivity contribution is -0.0514. The summed E-state index contributed by atoms with van der Waals surface area (Å²) in [7, 11) is 0. The number of hydrogen-bond donors (Lipinski definition) is 1. The van der Waals surface area contributed by atoms with Crippen molar-refractivity contribution >= 4 is 5.95 Å². The van der Waals surface area contributed by atoms with E-state index in [2.05, 4.69) is 9.72 Å². The van der Waals surface area contributed by atoms with Gasteiger partial charge in [0.1, 0.15) is 0 Å². The summed E-state index contributed by atoms with van der Waals surface area (Å²) in [5.74, 6) is 0.705. The molecule has 0 aliphatic carbocycles. The van der Waals surface area contributed by atoms with Crippen molar-refractivity contribution in [1.29, 1.82) is 0 Å². The van der Waals surface area contributed by atoms with E-state index in [4.69, 9.17) is 10.5 Å². The molecule has 7 heteroatoms. The summed E-state index contributed by atoms with van der Waals surface area (Å²) in [6, 6.07) is 4.83. The zero-order valence-corrected chi connectivity index (χ0v) is 11.8. The quantitative estimate of drug-likeness (QED) is 0.890. The summed E-state index contributed by atoms with van der Waals surface area (Å²) in [5.41, 5.74) is 7.55. The first-order valence-electron chi connectivity index (χ1n) is 6.49. The average Bonchev–Trinajstić information content (AvgIpc) is 2.73. The summed E-state index contributed by atoms with van der Waals surface area (Å²) in [6.45, 7) is 1.61. The number of nitrogen functional groups attached to an aromatic ring is 1. The molecule has 0 amide bonds. The van der Waals surface area contributed by atoms with Crippen LogP contribution in [-0.2, 0) is 6.54 Å². The van der Waals surface area contributed by atoms with Crippen molar-refractivity contribution in [1.82, 2.24) is 9.55 Å². The summed E-state index contributed by atoms with van der Waals surface area (Å²) in [6.07, 6.45) is 1.67. The minimum absolute atomic E-state index is 0.0194. The van der Waals surface area contributed by atoms with E-state index in [1.807, 2.05) is 11.5 Å². The average molecular weight is 297 g/mol. The van der Waals surface area contributed by atoms with E-state index in [0.717, 1.165) is 11.3 Å². The molecule has 2 rings (SSSR count). The highest BCUT2D eigenvalue weighted by Gasteiger charge is 2.12. The van der Waals surface area contributed by atoms with Gasteiger partial charge in [0.05, 0.1) is 19.3 Å². The molecule has 1 aromatic carbocycles. The third-order valence-electron chi connectivity index (χ3n) is 2.95. The van der Waals surface area contributed by atoms with Crippen LogP contribution in [0.2, 0.25) is 0 Å². The molecule has 0 aliphatic rings. The molecular weight excluding hydrogens is 280 g/mol. The van der Waals surface area contributed by atoms with E-state index in [9.17, 15) is 8.78 Å². The number of aromatic nitrogens is 2. The number of benzene rings is 1. The molecule has 0 saturated carbocycles. The Morgan fingerprint density at radius 2 is 2.10 bits per heavy atom. The van der Waals surface area contributed by atoms with Crippen LogP contribution in [0.25, 0.3) is 0 Å². The van der Waals surface area contributed by atoms with Gasteiger partial charge in [-0.1, -0.05) is 6.07 Å². The Bertz CT molecular complexity index is 595. The lowest BCUT2D eigenvalue weighted by atomic mass is 10.2. The zero-order valence-electron chi connectivity index (χ0n) is 11.8. The van der Waals surface area contributed by atoms with Gasteiger partial charge in [-0.05, 0) is 31.5 Å². The Hall–Kier alpha value is -2.31. The van der Waals surface area contributed by atoms with Crippen LogP contribution in [0.3, 0.4) is 0 Å². The van der Waals surface area contributed by atoms with E-state index in [0.29, 0.717) is 19.1 Å². The predicted octanol–water partition coefficient (Wildman–Crippen LogP) is 2.82. The molecule has 0 fully saturated rings. The standard InChI is InChI=1S/C14H17F2N3O2/c1-3-20-12-6-10(4-5-11(12)21-13(15)16)8-19-9(2)7-18-14(19)17/h4-7,13H,3,8H2,1-2H3,(H2,17,18). The lowest BCUT2D eigenvalue weighted by Gasteiger charge is -2.14.